The van der Waals surface area contributed by atoms with Gasteiger partial charge in [0.05, 0.1) is 0 Å². The second-order valence-electron chi connectivity index (χ2n) is 9.60. The highest BCUT2D eigenvalue weighted by molar-refractivity contribution is 5.92. The average Bonchev–Trinajstić information content (AvgIpc) is 2.98. The van der Waals surface area contributed by atoms with Crippen LogP contribution in [0.5, 0.6) is 0 Å². The minimum atomic E-state index is -1.11. The normalized spacial score (nSPS) is 19.5. The summed E-state index contributed by atoms with van der Waals surface area (Å²) in [5.41, 5.74) is -2.14. The van der Waals surface area contributed by atoms with Crippen molar-refractivity contribution in [3.8, 4) is 0 Å². The first-order chi connectivity index (χ1) is 12.7. The average molecular weight is 396 g/mol. The minimum absolute atomic E-state index is 0.216. The highest BCUT2D eigenvalue weighted by atomic mass is 16.6. The summed E-state index contributed by atoms with van der Waals surface area (Å²) in [7, 11) is 0. The Balaban J connectivity index is 3.16. The number of carbonyl (C=O) groups excluding carboxylic acids is 3. The van der Waals surface area contributed by atoms with Crippen molar-refractivity contribution in [1.82, 2.24) is 15.5 Å². The van der Waals surface area contributed by atoms with Gasteiger partial charge in [-0.25, -0.2) is 4.79 Å². The van der Waals surface area contributed by atoms with Crippen LogP contribution in [-0.2, 0) is 14.3 Å². The second kappa shape index (κ2) is 8.97. The third-order valence-corrected chi connectivity index (χ3v) is 4.57. The standard InChI is InChI=1S/C21H37N3O4/c1-9-10-12-21(22-15(2)25,17(26)23-19(3,4)5)16-11-13-24(14-16)18(27)28-20(6,7)8/h9,16H,1,10-14H2,2-8H3,(H,22,25)(H,23,26). The van der Waals surface area contributed by atoms with E-state index in [1.807, 2.05) is 41.5 Å². The van der Waals surface area contributed by atoms with Gasteiger partial charge in [0.1, 0.15) is 11.1 Å². The van der Waals surface area contributed by atoms with Crippen molar-refractivity contribution < 1.29 is 19.1 Å². The molecule has 0 bridgehead atoms. The molecule has 0 aromatic rings. The van der Waals surface area contributed by atoms with Crippen LogP contribution in [0.2, 0.25) is 0 Å². The van der Waals surface area contributed by atoms with E-state index in [4.69, 9.17) is 4.74 Å². The van der Waals surface area contributed by atoms with E-state index in [2.05, 4.69) is 17.2 Å². The predicted molar refractivity (Wildman–Crippen MR) is 110 cm³/mol. The van der Waals surface area contributed by atoms with Crippen molar-refractivity contribution in [3.05, 3.63) is 12.7 Å². The van der Waals surface area contributed by atoms with Crippen molar-refractivity contribution in [2.45, 2.75) is 84.4 Å². The number of ether oxygens (including phenoxy) is 1. The first-order valence-electron chi connectivity index (χ1n) is 9.90. The zero-order chi connectivity index (χ0) is 21.8. The van der Waals surface area contributed by atoms with Gasteiger partial charge in [-0.2, -0.15) is 0 Å². The molecule has 0 aliphatic carbocycles. The number of likely N-dealkylation sites (tertiary alicyclic amines) is 1. The molecule has 7 nitrogen and oxygen atoms in total. The number of hydrogen-bond donors (Lipinski definition) is 2. The van der Waals surface area contributed by atoms with Gasteiger partial charge in [0.15, 0.2) is 0 Å². The van der Waals surface area contributed by atoms with E-state index in [1.165, 1.54) is 6.92 Å². The van der Waals surface area contributed by atoms with Crippen molar-refractivity contribution in [2.75, 3.05) is 13.1 Å². The van der Waals surface area contributed by atoms with Gasteiger partial charge in [-0.15, -0.1) is 6.58 Å². The lowest BCUT2D eigenvalue weighted by atomic mass is 9.77. The second-order valence-corrected chi connectivity index (χ2v) is 9.60. The Morgan fingerprint density at radius 3 is 2.21 bits per heavy atom. The molecule has 160 valence electrons. The fourth-order valence-corrected chi connectivity index (χ4v) is 3.48. The Morgan fingerprint density at radius 1 is 1.14 bits per heavy atom. The number of hydrogen-bond acceptors (Lipinski definition) is 4. The van der Waals surface area contributed by atoms with Crippen molar-refractivity contribution in [1.29, 1.82) is 0 Å². The number of nitrogens with zero attached hydrogens (tertiary/aromatic N) is 1. The first-order valence-corrected chi connectivity index (χ1v) is 9.90. The first kappa shape index (κ1) is 24.0. The maximum Gasteiger partial charge on any atom is 0.410 e. The molecule has 0 radical (unpaired) electrons. The van der Waals surface area contributed by atoms with Crippen molar-refractivity contribution >= 4 is 17.9 Å². The molecule has 3 amide bonds. The van der Waals surface area contributed by atoms with Crippen LogP contribution in [0.3, 0.4) is 0 Å². The Kier molecular flexibility index (Phi) is 7.68. The van der Waals surface area contributed by atoms with Crippen LogP contribution in [-0.4, -0.2) is 52.6 Å². The molecule has 2 unspecified atom stereocenters. The molecule has 2 atom stereocenters. The SMILES string of the molecule is C=CCCC(NC(C)=O)(C(=O)NC(C)(C)C)C1CCN(C(=O)OC(C)(C)C)C1. The molecule has 0 spiro atoms. The lowest BCUT2D eigenvalue weighted by molar-refractivity contribution is -0.136. The van der Waals surface area contributed by atoms with E-state index in [9.17, 15) is 14.4 Å². The summed E-state index contributed by atoms with van der Waals surface area (Å²) in [6, 6.07) is 0. The number of carbonyl (C=O) groups is 3. The number of rotatable bonds is 6. The number of allylic oxidation sites excluding steroid dienone is 1. The predicted octanol–water partition coefficient (Wildman–Crippen LogP) is 3.00. The molecule has 1 aliphatic rings. The van der Waals surface area contributed by atoms with Crippen LogP contribution in [0, 0.1) is 5.92 Å². The summed E-state index contributed by atoms with van der Waals surface area (Å²) in [5.74, 6) is -0.719. The molecule has 1 saturated heterocycles. The Morgan fingerprint density at radius 2 is 1.75 bits per heavy atom. The fourth-order valence-electron chi connectivity index (χ4n) is 3.48. The van der Waals surface area contributed by atoms with Gasteiger partial charge >= 0.3 is 6.09 Å². The zero-order valence-corrected chi connectivity index (χ0v) is 18.5. The van der Waals surface area contributed by atoms with Crippen LogP contribution < -0.4 is 10.6 Å². The van der Waals surface area contributed by atoms with Gasteiger partial charge in [0.25, 0.3) is 0 Å². The molecule has 0 aromatic heterocycles. The summed E-state index contributed by atoms with van der Waals surface area (Å²) >= 11 is 0. The largest absolute Gasteiger partial charge is 0.444 e. The highest BCUT2D eigenvalue weighted by Gasteiger charge is 2.50. The summed E-state index contributed by atoms with van der Waals surface area (Å²) in [4.78, 5) is 39.4. The molecule has 1 aliphatic heterocycles. The van der Waals surface area contributed by atoms with Crippen LogP contribution >= 0.6 is 0 Å². The third kappa shape index (κ3) is 6.84. The Hall–Kier alpha value is -2.05. The lowest BCUT2D eigenvalue weighted by Crippen LogP contribution is -2.65. The van der Waals surface area contributed by atoms with E-state index in [1.54, 1.807) is 11.0 Å². The fraction of sp³-hybridized carbons (Fsp3) is 0.762. The lowest BCUT2D eigenvalue weighted by Gasteiger charge is -2.40. The van der Waals surface area contributed by atoms with Crippen LogP contribution in [0.4, 0.5) is 4.79 Å². The quantitative estimate of drug-likeness (QED) is 0.677. The third-order valence-electron chi connectivity index (χ3n) is 4.57. The molecule has 28 heavy (non-hydrogen) atoms. The molecular weight excluding hydrogens is 358 g/mol. The highest BCUT2D eigenvalue weighted by Crippen LogP contribution is 2.33. The van der Waals surface area contributed by atoms with Crippen LogP contribution in [0.1, 0.15) is 67.7 Å². The molecule has 0 saturated carbocycles. The van der Waals surface area contributed by atoms with Gasteiger partial charge < -0.3 is 20.3 Å². The molecule has 7 heteroatoms. The molecule has 1 heterocycles. The summed E-state index contributed by atoms with van der Waals surface area (Å²) < 4.78 is 5.47. The van der Waals surface area contributed by atoms with Crippen LogP contribution in [0.25, 0.3) is 0 Å². The minimum Gasteiger partial charge on any atom is -0.444 e. The van der Waals surface area contributed by atoms with Crippen LogP contribution in [0.15, 0.2) is 12.7 Å². The van der Waals surface area contributed by atoms with E-state index in [0.717, 1.165) is 0 Å². The smallest absolute Gasteiger partial charge is 0.410 e. The molecule has 2 N–H and O–H groups in total. The van der Waals surface area contributed by atoms with E-state index < -0.39 is 22.8 Å². The zero-order valence-electron chi connectivity index (χ0n) is 18.5. The summed E-state index contributed by atoms with van der Waals surface area (Å²) in [6.07, 6.45) is 2.94. The van der Waals surface area contributed by atoms with Gasteiger partial charge in [-0.3, -0.25) is 9.59 Å². The van der Waals surface area contributed by atoms with Crippen molar-refractivity contribution in [3.63, 3.8) is 0 Å². The molecule has 1 fully saturated rings. The molecule has 1 rings (SSSR count). The Bertz CT molecular complexity index is 604. The number of amides is 3. The number of nitrogens with one attached hydrogen (secondary N) is 2. The van der Waals surface area contributed by atoms with E-state index >= 15 is 0 Å². The maximum atomic E-state index is 13.3. The van der Waals surface area contributed by atoms with Crippen molar-refractivity contribution in [2.24, 2.45) is 5.92 Å². The Labute approximate surface area is 169 Å². The molecular formula is C21H37N3O4. The summed E-state index contributed by atoms with van der Waals surface area (Å²) in [6.45, 7) is 17.2. The monoisotopic (exact) mass is 395 g/mol. The van der Waals surface area contributed by atoms with Gasteiger partial charge in [-0.05, 0) is 60.8 Å². The van der Waals surface area contributed by atoms with Gasteiger partial charge in [-0.1, -0.05) is 6.08 Å². The maximum absolute atomic E-state index is 13.3. The van der Waals surface area contributed by atoms with E-state index in [-0.39, 0.29) is 17.7 Å². The summed E-state index contributed by atoms with van der Waals surface area (Å²) in [5, 5.41) is 5.93. The molecule has 0 aromatic carbocycles. The topological polar surface area (TPSA) is 87.7 Å². The van der Waals surface area contributed by atoms with Gasteiger partial charge in [0, 0.05) is 31.5 Å². The van der Waals surface area contributed by atoms with Gasteiger partial charge in [0.2, 0.25) is 11.8 Å². The van der Waals surface area contributed by atoms with E-state index in [0.29, 0.717) is 32.4 Å².